The Bertz CT molecular complexity index is 1150. The lowest BCUT2D eigenvalue weighted by molar-refractivity contribution is -0.385. The third-order valence-electron chi connectivity index (χ3n) is 4.97. The van der Waals surface area contributed by atoms with Gasteiger partial charge in [0.1, 0.15) is 0 Å². The number of amides is 2. The summed E-state index contributed by atoms with van der Waals surface area (Å²) in [5.41, 5.74) is 4.71. The van der Waals surface area contributed by atoms with Crippen molar-refractivity contribution in [2.24, 2.45) is 0 Å². The number of para-hydroxylation sites is 1. The van der Waals surface area contributed by atoms with Crippen LogP contribution in [0.15, 0.2) is 46.7 Å². The molecule has 2 heterocycles. The molecule has 0 spiro atoms. The summed E-state index contributed by atoms with van der Waals surface area (Å²) in [6.07, 6.45) is 8.70. The van der Waals surface area contributed by atoms with Crippen molar-refractivity contribution in [1.82, 2.24) is 10.4 Å². The van der Waals surface area contributed by atoms with E-state index in [0.29, 0.717) is 16.0 Å². The second-order valence-corrected chi connectivity index (χ2v) is 9.55. The molecule has 2 amide bonds. The number of carbonyl (C=O) groups excluding carboxylic acids is 2. The number of nitrogens with one attached hydrogen (secondary N) is 1. The number of carbonyl (C=O) groups is 2. The van der Waals surface area contributed by atoms with E-state index < -0.39 is 10.8 Å². The molecule has 2 aromatic rings. The van der Waals surface area contributed by atoms with Crippen molar-refractivity contribution >= 4 is 63.2 Å². The summed E-state index contributed by atoms with van der Waals surface area (Å²) in [6.45, 7) is 0. The molecule has 0 saturated carbocycles. The van der Waals surface area contributed by atoms with Crippen molar-refractivity contribution in [3.8, 4) is 0 Å². The van der Waals surface area contributed by atoms with Crippen LogP contribution in [0.25, 0.3) is 6.08 Å². The van der Waals surface area contributed by atoms with Crippen molar-refractivity contribution in [3.63, 3.8) is 0 Å². The number of thiophene rings is 1. The highest BCUT2D eigenvalue weighted by atomic mass is 32.2. The van der Waals surface area contributed by atoms with E-state index >= 15 is 0 Å². The van der Waals surface area contributed by atoms with Crippen LogP contribution in [0, 0.1) is 10.1 Å². The van der Waals surface area contributed by atoms with E-state index in [1.54, 1.807) is 41.7 Å². The van der Waals surface area contributed by atoms with Gasteiger partial charge in [0.25, 0.3) is 17.5 Å². The number of aryl methyl sites for hydroxylation is 1. The first kappa shape index (κ1) is 21.4. The Labute approximate surface area is 191 Å². The topological polar surface area (TPSA) is 92.6 Å². The van der Waals surface area contributed by atoms with Crippen LogP contribution >= 0.6 is 35.3 Å². The summed E-state index contributed by atoms with van der Waals surface area (Å²) in [4.78, 5) is 37.7. The molecule has 4 rings (SSSR count). The average molecular weight is 472 g/mol. The van der Waals surface area contributed by atoms with Crippen LogP contribution in [-0.4, -0.2) is 26.1 Å². The van der Waals surface area contributed by atoms with Crippen molar-refractivity contribution < 1.29 is 14.5 Å². The van der Waals surface area contributed by atoms with Crippen LogP contribution in [0.5, 0.6) is 0 Å². The molecule has 31 heavy (non-hydrogen) atoms. The molecule has 1 aliphatic carbocycles. The molecule has 1 N–H and O–H groups in total. The number of rotatable bonds is 5. The molecule has 0 atom stereocenters. The van der Waals surface area contributed by atoms with Gasteiger partial charge in [-0.3, -0.25) is 25.1 Å². The van der Waals surface area contributed by atoms with Crippen molar-refractivity contribution in [2.45, 2.75) is 25.7 Å². The van der Waals surface area contributed by atoms with E-state index in [1.165, 1.54) is 17.0 Å². The normalized spacial score (nSPS) is 17.4. The van der Waals surface area contributed by atoms with Crippen LogP contribution in [0.2, 0.25) is 0 Å². The number of nitro benzene ring substituents is 1. The van der Waals surface area contributed by atoms with Crippen LogP contribution < -0.4 is 5.43 Å². The lowest BCUT2D eigenvalue weighted by Gasteiger charge is -2.17. The average Bonchev–Trinajstić information content (AvgIpc) is 3.30. The monoisotopic (exact) mass is 471 g/mol. The first-order valence-corrected chi connectivity index (χ1v) is 11.6. The Hall–Kier alpha value is -2.82. The molecule has 0 bridgehead atoms. The van der Waals surface area contributed by atoms with E-state index in [0.717, 1.165) is 48.0 Å². The Morgan fingerprint density at radius 3 is 2.84 bits per heavy atom. The van der Waals surface area contributed by atoms with Gasteiger partial charge in [0.2, 0.25) is 0 Å². The van der Waals surface area contributed by atoms with E-state index in [9.17, 15) is 19.7 Å². The number of nitrogens with zero attached hydrogens (tertiary/aromatic N) is 2. The summed E-state index contributed by atoms with van der Waals surface area (Å²) in [5.74, 6) is -0.771. The van der Waals surface area contributed by atoms with Crippen molar-refractivity contribution in [2.75, 3.05) is 0 Å². The predicted molar refractivity (Wildman–Crippen MR) is 126 cm³/mol. The van der Waals surface area contributed by atoms with Gasteiger partial charge in [0.05, 0.1) is 21.0 Å². The zero-order chi connectivity index (χ0) is 22.0. The SMILES string of the molecule is O=C(NN1C(=O)/C(=C\C=C\c2ccccc2[N+](=O)[O-])SC1=S)c1csc2c1CCCC2. The Balaban J connectivity index is 1.47. The molecular formula is C21H17N3O4S3. The smallest absolute Gasteiger partial charge is 0.267 e. The van der Waals surface area contributed by atoms with Crippen LogP contribution in [0.1, 0.15) is 39.2 Å². The minimum Gasteiger partial charge on any atom is -0.267 e. The van der Waals surface area contributed by atoms with Gasteiger partial charge in [0.15, 0.2) is 4.32 Å². The molecule has 7 nitrogen and oxygen atoms in total. The van der Waals surface area contributed by atoms with Crippen LogP contribution in [0.3, 0.4) is 0 Å². The number of hydrogen-bond acceptors (Lipinski definition) is 7. The third-order valence-corrected chi connectivity index (χ3v) is 7.38. The molecule has 2 aliphatic rings. The summed E-state index contributed by atoms with van der Waals surface area (Å²) < 4.78 is 0.229. The number of nitro groups is 1. The van der Waals surface area contributed by atoms with Gasteiger partial charge in [-0.2, -0.15) is 5.01 Å². The molecule has 1 fully saturated rings. The van der Waals surface area contributed by atoms with Gasteiger partial charge in [-0.25, -0.2) is 0 Å². The highest BCUT2D eigenvalue weighted by Gasteiger charge is 2.34. The Morgan fingerprint density at radius 2 is 2.03 bits per heavy atom. The molecule has 1 saturated heterocycles. The number of thiocarbonyl (C=S) groups is 1. The van der Waals surface area contributed by atoms with Crippen LogP contribution in [0.4, 0.5) is 5.69 Å². The van der Waals surface area contributed by atoms with E-state index in [4.69, 9.17) is 12.2 Å². The molecule has 1 aliphatic heterocycles. The molecule has 10 heteroatoms. The second-order valence-electron chi connectivity index (χ2n) is 6.91. The highest BCUT2D eigenvalue weighted by molar-refractivity contribution is 8.26. The van der Waals surface area contributed by atoms with E-state index in [2.05, 4.69) is 5.43 Å². The summed E-state index contributed by atoms with van der Waals surface area (Å²) in [7, 11) is 0. The lowest BCUT2D eigenvalue weighted by Crippen LogP contribution is -2.45. The van der Waals surface area contributed by atoms with E-state index in [-0.39, 0.29) is 15.9 Å². The summed E-state index contributed by atoms with van der Waals surface area (Å²) >= 11 is 7.91. The van der Waals surface area contributed by atoms with E-state index in [1.807, 2.05) is 5.38 Å². The summed E-state index contributed by atoms with van der Waals surface area (Å²) in [6, 6.07) is 6.33. The van der Waals surface area contributed by atoms with Crippen molar-refractivity contribution in [1.29, 1.82) is 0 Å². The molecule has 0 unspecified atom stereocenters. The highest BCUT2D eigenvalue weighted by Crippen LogP contribution is 2.32. The molecule has 0 radical (unpaired) electrons. The quantitative estimate of drug-likeness (QED) is 0.296. The maximum absolute atomic E-state index is 12.8. The zero-order valence-corrected chi connectivity index (χ0v) is 18.6. The largest absolute Gasteiger partial charge is 0.285 e. The number of allylic oxidation sites excluding steroid dienone is 2. The third kappa shape index (κ3) is 4.46. The summed E-state index contributed by atoms with van der Waals surface area (Å²) in [5, 5.41) is 14.0. The fourth-order valence-corrected chi connectivity index (χ4v) is 5.72. The molecule has 1 aromatic carbocycles. The first-order chi connectivity index (χ1) is 15.0. The van der Waals surface area contributed by atoms with Gasteiger partial charge >= 0.3 is 0 Å². The van der Waals surface area contributed by atoms with Gasteiger partial charge in [0, 0.05) is 16.3 Å². The number of hydrazine groups is 1. The number of benzene rings is 1. The zero-order valence-electron chi connectivity index (χ0n) is 16.2. The van der Waals surface area contributed by atoms with Gasteiger partial charge < -0.3 is 0 Å². The maximum atomic E-state index is 12.8. The first-order valence-electron chi connectivity index (χ1n) is 9.54. The minimum atomic E-state index is -0.460. The molecule has 1 aromatic heterocycles. The van der Waals surface area contributed by atoms with Crippen molar-refractivity contribution in [3.05, 3.63) is 78.4 Å². The number of fused-ring (bicyclic) bond motifs is 1. The number of thioether (sulfide) groups is 1. The fourth-order valence-electron chi connectivity index (χ4n) is 3.46. The second kappa shape index (κ2) is 9.13. The standard InChI is InChI=1S/C21H17N3O4S3/c25-19(15-12-30-17-10-4-2-8-14(15)17)22-23-20(26)18(31-21(23)29)11-5-7-13-6-1-3-9-16(13)24(27)28/h1,3,5-7,9,11-12H,2,4,8,10H2,(H,22,25)/b7-5+,18-11+. The fraction of sp³-hybridized carbons (Fsp3) is 0.190. The molecule has 158 valence electrons. The Kier molecular flexibility index (Phi) is 6.30. The maximum Gasteiger partial charge on any atom is 0.285 e. The molecular weight excluding hydrogens is 454 g/mol. The van der Waals surface area contributed by atoms with Gasteiger partial charge in [-0.1, -0.05) is 30.0 Å². The number of hydrogen-bond donors (Lipinski definition) is 1. The Morgan fingerprint density at radius 1 is 1.26 bits per heavy atom. The lowest BCUT2D eigenvalue weighted by atomic mass is 9.96. The predicted octanol–water partition coefficient (Wildman–Crippen LogP) is 4.64. The van der Waals surface area contributed by atoms with Crippen LogP contribution in [-0.2, 0) is 17.6 Å². The minimum absolute atomic E-state index is 0.0222. The van der Waals surface area contributed by atoms with Gasteiger partial charge in [-0.15, -0.1) is 11.3 Å². The van der Waals surface area contributed by atoms with Gasteiger partial charge in [-0.05, 0) is 61.7 Å².